The van der Waals surface area contributed by atoms with Crippen LogP contribution in [0.15, 0.2) is 48.7 Å². The Labute approximate surface area is 181 Å². The van der Waals surface area contributed by atoms with E-state index in [1.165, 1.54) is 11.3 Å². The van der Waals surface area contributed by atoms with Crippen LogP contribution in [-0.4, -0.2) is 40.7 Å². The predicted molar refractivity (Wildman–Crippen MR) is 117 cm³/mol. The molecular formula is C22H17N5O3S. The highest BCUT2D eigenvalue weighted by molar-refractivity contribution is 7.20. The molecule has 0 radical (unpaired) electrons. The van der Waals surface area contributed by atoms with E-state index in [2.05, 4.69) is 15.4 Å². The largest absolute Gasteiger partial charge is 0.497 e. The molecule has 2 aliphatic rings. The number of nitrogens with zero attached hydrogens (tertiary/aromatic N) is 4. The normalized spacial score (nSPS) is 19.6. The summed E-state index contributed by atoms with van der Waals surface area (Å²) in [6.07, 6.45) is 1.72. The molecule has 2 aromatic heterocycles. The zero-order valence-electron chi connectivity index (χ0n) is 16.7. The van der Waals surface area contributed by atoms with Crippen LogP contribution in [-0.2, 0) is 15.0 Å². The van der Waals surface area contributed by atoms with E-state index in [0.717, 1.165) is 27.2 Å². The number of nitrogens with one attached hydrogen (secondary N) is 1. The van der Waals surface area contributed by atoms with Crippen molar-refractivity contribution in [3.05, 3.63) is 59.8 Å². The second-order valence-electron chi connectivity index (χ2n) is 7.66. The van der Waals surface area contributed by atoms with E-state index in [9.17, 15) is 9.59 Å². The van der Waals surface area contributed by atoms with Gasteiger partial charge >= 0.3 is 0 Å². The molecule has 1 spiro atoms. The number of ether oxygens (including phenoxy) is 1. The summed E-state index contributed by atoms with van der Waals surface area (Å²) in [7, 11) is 3.36. The average Bonchev–Trinajstić information content (AvgIpc) is 3.45. The van der Waals surface area contributed by atoms with Crippen molar-refractivity contribution < 1.29 is 14.3 Å². The van der Waals surface area contributed by atoms with Crippen LogP contribution in [0.5, 0.6) is 5.75 Å². The summed E-state index contributed by atoms with van der Waals surface area (Å²) in [6.45, 7) is 0. The van der Waals surface area contributed by atoms with Crippen LogP contribution < -0.4 is 15.0 Å². The lowest BCUT2D eigenvalue weighted by Gasteiger charge is -2.31. The number of anilines is 2. The fourth-order valence-corrected chi connectivity index (χ4v) is 5.58. The van der Waals surface area contributed by atoms with E-state index in [1.54, 1.807) is 29.9 Å². The summed E-state index contributed by atoms with van der Waals surface area (Å²) < 4.78 is 7.86. The SMILES string of the molecule is COc1ccc2nc(-n3ncc4c3NC(=O)C[C@@]43C(=O)N(C)c4ccccc43)sc2c1. The number of hydrogen-bond donors (Lipinski definition) is 1. The van der Waals surface area contributed by atoms with Gasteiger partial charge in [-0.3, -0.25) is 9.59 Å². The van der Waals surface area contributed by atoms with Crippen LogP contribution >= 0.6 is 11.3 Å². The summed E-state index contributed by atoms with van der Waals surface area (Å²) in [5, 5.41) is 8.07. The number of thiazole rings is 1. The molecule has 4 heterocycles. The molecular weight excluding hydrogens is 414 g/mol. The van der Waals surface area contributed by atoms with Gasteiger partial charge in [-0.15, -0.1) is 0 Å². The van der Waals surface area contributed by atoms with Crippen LogP contribution in [0.3, 0.4) is 0 Å². The topological polar surface area (TPSA) is 89.3 Å². The van der Waals surface area contributed by atoms with E-state index < -0.39 is 5.41 Å². The second kappa shape index (κ2) is 6.14. The molecule has 0 aliphatic carbocycles. The van der Waals surface area contributed by atoms with Crippen LogP contribution in [0.25, 0.3) is 15.3 Å². The highest BCUT2D eigenvalue weighted by atomic mass is 32.1. The van der Waals surface area contributed by atoms with Gasteiger partial charge in [0.15, 0.2) is 0 Å². The van der Waals surface area contributed by atoms with Crippen molar-refractivity contribution in [2.45, 2.75) is 11.8 Å². The third-order valence-electron chi connectivity index (χ3n) is 6.07. The lowest BCUT2D eigenvalue weighted by molar-refractivity contribution is -0.126. The second-order valence-corrected chi connectivity index (χ2v) is 8.67. The van der Waals surface area contributed by atoms with Gasteiger partial charge in [-0.25, -0.2) is 4.98 Å². The first-order chi connectivity index (χ1) is 15.0. The number of benzene rings is 2. The standard InChI is InChI=1S/C22H17N5O3S/c1-26-16-6-4-3-5-13(16)22(20(26)29)10-18(28)25-19-14(22)11-23-27(19)21-24-15-8-7-12(30-2)9-17(15)31-21/h3-9,11H,10H2,1-2H3,(H,25,28)/t22-/m0/s1. The molecule has 8 nitrogen and oxygen atoms in total. The number of likely N-dealkylation sites (N-methyl/N-ethyl adjacent to an activating group) is 1. The van der Waals surface area contributed by atoms with Crippen molar-refractivity contribution in [3.63, 3.8) is 0 Å². The lowest BCUT2D eigenvalue weighted by atomic mass is 9.72. The smallest absolute Gasteiger partial charge is 0.242 e. The third-order valence-corrected chi connectivity index (χ3v) is 7.07. The van der Waals surface area contributed by atoms with Gasteiger partial charge in [-0.2, -0.15) is 9.78 Å². The summed E-state index contributed by atoms with van der Waals surface area (Å²) >= 11 is 1.44. The minimum atomic E-state index is -1.08. The summed E-state index contributed by atoms with van der Waals surface area (Å²) in [6, 6.07) is 13.3. The molecule has 1 atom stereocenters. The first kappa shape index (κ1) is 18.1. The number of rotatable bonds is 2. The Morgan fingerprint density at radius 3 is 2.84 bits per heavy atom. The summed E-state index contributed by atoms with van der Waals surface area (Å²) in [5.41, 5.74) is 2.05. The van der Waals surface area contributed by atoms with Gasteiger partial charge in [-0.05, 0) is 29.8 Å². The maximum atomic E-state index is 13.5. The van der Waals surface area contributed by atoms with Crippen molar-refractivity contribution in [2.24, 2.45) is 0 Å². The molecule has 9 heteroatoms. The first-order valence-corrected chi connectivity index (χ1v) is 10.6. The molecule has 0 saturated heterocycles. The Balaban J connectivity index is 1.56. The molecule has 4 aromatic rings. The van der Waals surface area contributed by atoms with Crippen LogP contribution in [0.2, 0.25) is 0 Å². The number of amides is 2. The first-order valence-electron chi connectivity index (χ1n) is 9.74. The molecule has 2 amide bonds. The molecule has 154 valence electrons. The van der Waals surface area contributed by atoms with E-state index in [-0.39, 0.29) is 18.2 Å². The molecule has 0 unspecified atom stereocenters. The van der Waals surface area contributed by atoms with E-state index in [0.29, 0.717) is 16.5 Å². The molecule has 0 saturated carbocycles. The third kappa shape index (κ3) is 2.29. The number of carbonyl (C=O) groups is 2. The molecule has 0 fully saturated rings. The highest BCUT2D eigenvalue weighted by Crippen LogP contribution is 2.52. The fraction of sp³-hybridized carbons (Fsp3) is 0.182. The van der Waals surface area contributed by atoms with Gasteiger partial charge in [-0.1, -0.05) is 29.5 Å². The van der Waals surface area contributed by atoms with Crippen molar-refractivity contribution in [1.82, 2.24) is 14.8 Å². The van der Waals surface area contributed by atoms with E-state index in [1.807, 2.05) is 42.5 Å². The highest BCUT2D eigenvalue weighted by Gasteiger charge is 2.56. The van der Waals surface area contributed by atoms with Gasteiger partial charge < -0.3 is 15.0 Å². The van der Waals surface area contributed by atoms with Crippen LogP contribution in [0.1, 0.15) is 17.5 Å². The number of para-hydroxylation sites is 1. The van der Waals surface area contributed by atoms with Crippen molar-refractivity contribution >= 4 is 44.9 Å². The Morgan fingerprint density at radius 1 is 1.16 bits per heavy atom. The zero-order valence-corrected chi connectivity index (χ0v) is 17.6. The number of aromatic nitrogens is 3. The predicted octanol–water partition coefficient (Wildman–Crippen LogP) is 3.10. The van der Waals surface area contributed by atoms with Crippen LogP contribution in [0.4, 0.5) is 11.5 Å². The minimum absolute atomic E-state index is 0.0446. The number of hydrogen-bond acceptors (Lipinski definition) is 6. The maximum Gasteiger partial charge on any atom is 0.242 e. The van der Waals surface area contributed by atoms with Crippen molar-refractivity contribution in [1.29, 1.82) is 0 Å². The minimum Gasteiger partial charge on any atom is -0.497 e. The van der Waals surface area contributed by atoms with Gasteiger partial charge in [0.05, 0.1) is 23.5 Å². The Hall–Kier alpha value is -3.72. The molecule has 1 N–H and O–H groups in total. The summed E-state index contributed by atoms with van der Waals surface area (Å²) in [5.74, 6) is 0.878. The number of methoxy groups -OCH3 is 1. The zero-order chi connectivity index (χ0) is 21.3. The summed E-state index contributed by atoms with van der Waals surface area (Å²) in [4.78, 5) is 32.6. The quantitative estimate of drug-likeness (QED) is 0.527. The molecule has 6 rings (SSSR count). The molecule has 0 bridgehead atoms. The number of carbonyl (C=O) groups excluding carboxylic acids is 2. The van der Waals surface area contributed by atoms with Gasteiger partial charge in [0.2, 0.25) is 16.9 Å². The van der Waals surface area contributed by atoms with Crippen molar-refractivity contribution in [2.75, 3.05) is 24.4 Å². The fourth-order valence-electron chi connectivity index (χ4n) is 4.62. The Morgan fingerprint density at radius 2 is 2.00 bits per heavy atom. The van der Waals surface area contributed by atoms with Gasteiger partial charge in [0.25, 0.3) is 0 Å². The molecule has 2 aliphatic heterocycles. The lowest BCUT2D eigenvalue weighted by Crippen LogP contribution is -2.45. The molecule has 31 heavy (non-hydrogen) atoms. The van der Waals surface area contributed by atoms with Gasteiger partial charge in [0.1, 0.15) is 17.0 Å². The van der Waals surface area contributed by atoms with Crippen molar-refractivity contribution in [3.8, 4) is 10.9 Å². The maximum absolute atomic E-state index is 13.5. The average molecular weight is 431 g/mol. The monoisotopic (exact) mass is 431 g/mol. The Kier molecular flexibility index (Phi) is 3.58. The van der Waals surface area contributed by atoms with Crippen LogP contribution in [0, 0.1) is 0 Å². The van der Waals surface area contributed by atoms with Gasteiger partial charge in [0, 0.05) is 24.7 Å². The molecule has 2 aromatic carbocycles. The number of fused-ring (bicyclic) bond motifs is 5. The van der Waals surface area contributed by atoms with E-state index in [4.69, 9.17) is 4.74 Å². The Bertz CT molecular complexity index is 1410. The van der Waals surface area contributed by atoms with E-state index >= 15 is 0 Å².